The Balaban J connectivity index is 1.41. The van der Waals surface area contributed by atoms with E-state index in [9.17, 15) is 19.5 Å². The zero-order chi connectivity index (χ0) is 22.4. The van der Waals surface area contributed by atoms with Gasteiger partial charge in [-0.15, -0.1) is 11.3 Å². The van der Waals surface area contributed by atoms with Crippen LogP contribution in [0.1, 0.15) is 40.9 Å². The summed E-state index contributed by atoms with van der Waals surface area (Å²) in [5, 5.41) is 23.1. The molecule has 2 aromatic rings. The first kappa shape index (κ1) is 23.0. The van der Waals surface area contributed by atoms with Crippen LogP contribution in [0.4, 0.5) is 5.69 Å². The summed E-state index contributed by atoms with van der Waals surface area (Å²) in [4.78, 5) is 38.9. The maximum absolute atomic E-state index is 12.5. The number of amides is 2. The molecule has 1 aromatic heterocycles. The normalized spacial score (nSPS) is 15.0. The molecule has 10 heteroatoms. The molecule has 0 spiro atoms. The fourth-order valence-corrected chi connectivity index (χ4v) is 4.97. The molecule has 0 atom stereocenters. The van der Waals surface area contributed by atoms with Gasteiger partial charge in [0.25, 0.3) is 5.91 Å². The van der Waals surface area contributed by atoms with Crippen molar-refractivity contribution in [2.24, 2.45) is 0 Å². The number of rotatable bonds is 9. The van der Waals surface area contributed by atoms with Crippen LogP contribution in [0.15, 0.2) is 40.6 Å². The van der Waals surface area contributed by atoms with Gasteiger partial charge in [0.15, 0.2) is 0 Å². The van der Waals surface area contributed by atoms with Crippen molar-refractivity contribution in [3.05, 3.63) is 51.1 Å². The summed E-state index contributed by atoms with van der Waals surface area (Å²) < 4.78 is 0.548. The molecule has 1 aliphatic rings. The Kier molecular flexibility index (Phi) is 7.83. The number of hydrogen-bond donors (Lipinski definition) is 3. The van der Waals surface area contributed by atoms with Crippen LogP contribution in [0, 0.1) is 0 Å². The van der Waals surface area contributed by atoms with Crippen LogP contribution in [0.5, 0.6) is 5.75 Å². The van der Waals surface area contributed by atoms with Crippen LogP contribution >= 0.6 is 35.3 Å². The molecule has 1 fully saturated rings. The summed E-state index contributed by atoms with van der Waals surface area (Å²) in [6.45, 7) is 0.508. The lowest BCUT2D eigenvalue weighted by molar-refractivity contribution is -0.122. The van der Waals surface area contributed by atoms with E-state index in [2.05, 4.69) is 5.32 Å². The SMILES string of the molecule is O=C(CCCCCN1C(=O)/C(=C\c2cccs2)SC1=S)Nc1ccc(O)c(C(=O)O)c1. The van der Waals surface area contributed by atoms with E-state index in [0.717, 1.165) is 11.3 Å². The Hall–Kier alpha value is -2.69. The van der Waals surface area contributed by atoms with Crippen molar-refractivity contribution in [1.29, 1.82) is 0 Å². The largest absolute Gasteiger partial charge is 0.507 e. The third kappa shape index (κ3) is 6.16. The highest BCUT2D eigenvalue weighted by Crippen LogP contribution is 2.33. The third-order valence-corrected chi connectivity index (χ3v) is 6.68. The maximum atomic E-state index is 12.5. The molecule has 162 valence electrons. The molecule has 0 aliphatic carbocycles. The van der Waals surface area contributed by atoms with Gasteiger partial charge in [0.05, 0.1) is 4.91 Å². The Bertz CT molecular complexity index is 1030. The van der Waals surface area contributed by atoms with E-state index in [4.69, 9.17) is 17.3 Å². The molecular formula is C21H20N2O5S3. The predicted molar refractivity (Wildman–Crippen MR) is 126 cm³/mol. The summed E-state index contributed by atoms with van der Waals surface area (Å²) in [5.74, 6) is -1.95. The number of unbranched alkanes of at least 4 members (excludes halogenated alkanes) is 2. The van der Waals surface area contributed by atoms with Crippen molar-refractivity contribution < 1.29 is 24.6 Å². The Morgan fingerprint density at radius 2 is 2.00 bits per heavy atom. The number of carbonyl (C=O) groups excluding carboxylic acids is 2. The number of nitrogens with zero attached hydrogens (tertiary/aromatic N) is 1. The first-order valence-electron chi connectivity index (χ1n) is 9.50. The van der Waals surface area contributed by atoms with E-state index in [1.165, 1.54) is 30.0 Å². The molecule has 0 saturated carbocycles. The van der Waals surface area contributed by atoms with Crippen molar-refractivity contribution in [3.63, 3.8) is 0 Å². The first-order chi connectivity index (χ1) is 14.8. The lowest BCUT2D eigenvalue weighted by Gasteiger charge is -2.14. The smallest absolute Gasteiger partial charge is 0.339 e. The van der Waals surface area contributed by atoms with Gasteiger partial charge in [0.2, 0.25) is 5.91 Å². The topological polar surface area (TPSA) is 107 Å². The summed E-state index contributed by atoms with van der Waals surface area (Å²) in [6.07, 6.45) is 4.20. The molecule has 0 bridgehead atoms. The number of thiophene rings is 1. The zero-order valence-corrected chi connectivity index (χ0v) is 18.8. The van der Waals surface area contributed by atoms with Gasteiger partial charge in [0.1, 0.15) is 15.6 Å². The van der Waals surface area contributed by atoms with Crippen molar-refractivity contribution in [3.8, 4) is 5.75 Å². The van der Waals surface area contributed by atoms with Gasteiger partial charge in [0, 0.05) is 23.5 Å². The average molecular weight is 477 g/mol. The first-order valence-corrected chi connectivity index (χ1v) is 11.6. The molecule has 0 unspecified atom stereocenters. The minimum absolute atomic E-state index is 0.0808. The molecule has 2 heterocycles. The van der Waals surface area contributed by atoms with Crippen molar-refractivity contribution in [2.75, 3.05) is 11.9 Å². The van der Waals surface area contributed by atoms with E-state index in [1.54, 1.807) is 16.2 Å². The van der Waals surface area contributed by atoms with E-state index in [1.807, 2.05) is 23.6 Å². The fraction of sp³-hybridized carbons (Fsp3) is 0.238. The number of aromatic carboxylic acids is 1. The van der Waals surface area contributed by atoms with Crippen LogP contribution in [0.2, 0.25) is 0 Å². The fourth-order valence-electron chi connectivity index (χ4n) is 2.94. The third-order valence-electron chi connectivity index (χ3n) is 4.49. The molecule has 1 aliphatic heterocycles. The van der Waals surface area contributed by atoms with Crippen molar-refractivity contribution in [1.82, 2.24) is 4.90 Å². The summed E-state index contributed by atoms with van der Waals surface area (Å²) in [6, 6.07) is 7.77. The van der Waals surface area contributed by atoms with Crippen LogP contribution in [-0.4, -0.2) is 43.8 Å². The van der Waals surface area contributed by atoms with E-state index in [0.29, 0.717) is 34.3 Å². The van der Waals surface area contributed by atoms with E-state index < -0.39 is 5.97 Å². The van der Waals surface area contributed by atoms with Crippen molar-refractivity contribution in [2.45, 2.75) is 25.7 Å². The average Bonchev–Trinajstić information content (AvgIpc) is 3.32. The summed E-state index contributed by atoms with van der Waals surface area (Å²) in [5.41, 5.74) is 0.0460. The highest BCUT2D eigenvalue weighted by molar-refractivity contribution is 8.26. The second-order valence-corrected chi connectivity index (χ2v) is 9.40. The van der Waals surface area contributed by atoms with Crippen molar-refractivity contribution >= 4 is 69.2 Å². The number of thioether (sulfide) groups is 1. The highest BCUT2D eigenvalue weighted by Gasteiger charge is 2.31. The Labute approximate surface area is 192 Å². The van der Waals surface area contributed by atoms with Gasteiger partial charge in [-0.1, -0.05) is 36.5 Å². The molecule has 3 N–H and O–H groups in total. The Morgan fingerprint density at radius 3 is 2.71 bits per heavy atom. The number of thiocarbonyl (C=S) groups is 1. The second kappa shape index (κ2) is 10.6. The van der Waals surface area contributed by atoms with E-state index in [-0.39, 0.29) is 29.5 Å². The lowest BCUT2D eigenvalue weighted by atomic mass is 10.1. The number of nitrogens with one attached hydrogen (secondary N) is 1. The number of carboxylic acid groups (broad SMARTS) is 1. The number of hydrogen-bond acceptors (Lipinski definition) is 7. The van der Waals surface area contributed by atoms with Crippen LogP contribution in [0.25, 0.3) is 6.08 Å². The number of benzene rings is 1. The standard InChI is InChI=1S/C21H20N2O5S3/c24-16-8-7-13(11-15(16)20(27)28)22-18(25)6-2-1-3-9-23-19(26)17(31-21(23)29)12-14-5-4-10-30-14/h4-5,7-8,10-12,24H,1-3,6,9H2,(H,22,25)(H,27,28)/b17-12+. The highest BCUT2D eigenvalue weighted by atomic mass is 32.2. The lowest BCUT2D eigenvalue weighted by Crippen LogP contribution is -2.29. The monoisotopic (exact) mass is 476 g/mol. The molecule has 1 saturated heterocycles. The molecule has 0 radical (unpaired) electrons. The minimum Gasteiger partial charge on any atom is -0.507 e. The number of carboxylic acids is 1. The number of phenols is 1. The molecule has 2 amide bonds. The van der Waals surface area contributed by atoms with Gasteiger partial charge in [-0.3, -0.25) is 14.5 Å². The van der Waals surface area contributed by atoms with Gasteiger partial charge >= 0.3 is 5.97 Å². The van der Waals surface area contributed by atoms with Gasteiger partial charge < -0.3 is 15.5 Å². The molecule has 3 rings (SSSR count). The quantitative estimate of drug-likeness (QED) is 0.211. The summed E-state index contributed by atoms with van der Waals surface area (Å²) >= 11 is 8.20. The number of anilines is 1. The second-order valence-electron chi connectivity index (χ2n) is 6.74. The zero-order valence-electron chi connectivity index (χ0n) is 16.4. The maximum Gasteiger partial charge on any atom is 0.339 e. The molecular weight excluding hydrogens is 456 g/mol. The molecule has 7 nitrogen and oxygen atoms in total. The van der Waals surface area contributed by atoms with Crippen LogP contribution < -0.4 is 5.32 Å². The predicted octanol–water partition coefficient (Wildman–Crippen LogP) is 4.55. The van der Waals surface area contributed by atoms with Crippen LogP contribution in [0.3, 0.4) is 0 Å². The Morgan fingerprint density at radius 1 is 1.19 bits per heavy atom. The molecule has 31 heavy (non-hydrogen) atoms. The van der Waals surface area contributed by atoms with Gasteiger partial charge in [-0.25, -0.2) is 4.79 Å². The summed E-state index contributed by atoms with van der Waals surface area (Å²) in [7, 11) is 0. The van der Waals surface area contributed by atoms with Gasteiger partial charge in [-0.2, -0.15) is 0 Å². The van der Waals surface area contributed by atoms with Gasteiger partial charge in [-0.05, 0) is 48.6 Å². The number of aromatic hydroxyl groups is 1. The molecule has 1 aromatic carbocycles. The van der Waals surface area contributed by atoms with E-state index >= 15 is 0 Å². The minimum atomic E-state index is -1.27. The number of carbonyl (C=O) groups is 3. The van der Waals surface area contributed by atoms with Crippen LogP contribution in [-0.2, 0) is 9.59 Å².